The van der Waals surface area contributed by atoms with Crippen LogP contribution in [0.3, 0.4) is 0 Å². The van der Waals surface area contributed by atoms with Crippen molar-refractivity contribution in [3.05, 3.63) is 80.6 Å². The molecule has 4 N–H and O–H groups in total. The third-order valence-electron chi connectivity index (χ3n) is 7.58. The summed E-state index contributed by atoms with van der Waals surface area (Å²) in [4.78, 5) is 40.6. The second kappa shape index (κ2) is 11.9. The molecule has 0 saturated carbocycles. The van der Waals surface area contributed by atoms with E-state index in [1.807, 2.05) is 0 Å². The molecule has 1 saturated heterocycles. The van der Waals surface area contributed by atoms with Gasteiger partial charge in [0.1, 0.15) is 23.8 Å². The Bertz CT molecular complexity index is 1810. The van der Waals surface area contributed by atoms with Gasteiger partial charge in [0.05, 0.1) is 40.4 Å². The number of nitrogens with one attached hydrogen (secondary N) is 2. The van der Waals surface area contributed by atoms with E-state index in [-0.39, 0.29) is 56.4 Å². The molecular formula is C29H29ClF2N8O3. The van der Waals surface area contributed by atoms with Gasteiger partial charge in [0, 0.05) is 31.6 Å². The Kier molecular flexibility index (Phi) is 8.27. The summed E-state index contributed by atoms with van der Waals surface area (Å²) >= 11 is 6.43. The molecule has 1 fully saturated rings. The van der Waals surface area contributed by atoms with Gasteiger partial charge in [-0.15, -0.1) is 0 Å². The number of benzene rings is 2. The van der Waals surface area contributed by atoms with E-state index < -0.39 is 23.4 Å². The summed E-state index contributed by atoms with van der Waals surface area (Å²) < 4.78 is 35.9. The van der Waals surface area contributed by atoms with E-state index in [4.69, 9.17) is 32.5 Å². The average molecular weight is 611 g/mol. The molecule has 0 aliphatic carbocycles. The van der Waals surface area contributed by atoms with Crippen molar-refractivity contribution in [2.45, 2.75) is 38.8 Å². The molecule has 1 amide bonds. The Morgan fingerprint density at radius 2 is 1.91 bits per heavy atom. The Balaban J connectivity index is 1.58. The number of hydrogen-bond acceptors (Lipinski definition) is 9. The van der Waals surface area contributed by atoms with Crippen LogP contribution in [0, 0.1) is 17.0 Å². The molecular weight excluding hydrogens is 582 g/mol. The number of hydrogen-bond donors (Lipinski definition) is 3. The Hall–Kier alpha value is -4.65. The van der Waals surface area contributed by atoms with Gasteiger partial charge < -0.3 is 20.7 Å². The fourth-order valence-electron chi connectivity index (χ4n) is 5.36. The first-order valence-corrected chi connectivity index (χ1v) is 13.9. The third-order valence-corrected chi connectivity index (χ3v) is 7.90. The molecule has 43 heavy (non-hydrogen) atoms. The van der Waals surface area contributed by atoms with E-state index in [0.717, 1.165) is 0 Å². The number of nitrogen functional groups attached to an aromatic ring is 1. The quantitative estimate of drug-likeness (QED) is 0.259. The smallest absolute Gasteiger partial charge is 0.263 e. The monoisotopic (exact) mass is 610 g/mol. The highest BCUT2D eigenvalue weighted by atomic mass is 35.5. The maximum Gasteiger partial charge on any atom is 0.263 e. The molecule has 1 atom stereocenters. The number of methoxy groups -OCH3 is 1. The van der Waals surface area contributed by atoms with Gasteiger partial charge in [-0.2, -0.15) is 4.39 Å². The molecule has 14 heteroatoms. The van der Waals surface area contributed by atoms with Crippen molar-refractivity contribution in [3.63, 3.8) is 0 Å². The number of fused-ring (bicyclic) bond motifs is 1. The number of piperidine rings is 1. The number of ether oxygens (including phenoxy) is 1. The van der Waals surface area contributed by atoms with Crippen LogP contribution >= 0.6 is 11.6 Å². The van der Waals surface area contributed by atoms with Crippen molar-refractivity contribution < 1.29 is 18.3 Å². The number of carbonyl (C=O) groups excluding carboxylic acids is 1. The van der Waals surface area contributed by atoms with Crippen molar-refractivity contribution in [2.75, 3.05) is 31.2 Å². The zero-order valence-corrected chi connectivity index (χ0v) is 24.4. The summed E-state index contributed by atoms with van der Waals surface area (Å²) in [5.41, 5.74) is 5.30. The van der Waals surface area contributed by atoms with Crippen molar-refractivity contribution >= 4 is 45.8 Å². The normalized spacial score (nSPS) is 14.5. The minimum Gasteiger partial charge on any atom is -0.494 e. The van der Waals surface area contributed by atoms with Crippen LogP contribution in [-0.2, 0) is 4.79 Å². The summed E-state index contributed by atoms with van der Waals surface area (Å²) in [6, 6.07) is 6.45. The van der Waals surface area contributed by atoms with Crippen LogP contribution in [0.15, 0.2) is 41.5 Å². The number of anilines is 2. The summed E-state index contributed by atoms with van der Waals surface area (Å²) in [7, 11) is 1.20. The summed E-state index contributed by atoms with van der Waals surface area (Å²) in [6.07, 6.45) is 2.22. The molecule has 1 aliphatic rings. The highest BCUT2D eigenvalue weighted by molar-refractivity contribution is 6.35. The van der Waals surface area contributed by atoms with Crippen LogP contribution in [0.25, 0.3) is 10.9 Å². The van der Waals surface area contributed by atoms with E-state index in [2.05, 4.69) is 15.3 Å². The molecule has 3 heterocycles. The summed E-state index contributed by atoms with van der Waals surface area (Å²) in [5, 5.41) is 12.4. The predicted octanol–water partition coefficient (Wildman–Crippen LogP) is 4.48. The Morgan fingerprint density at radius 3 is 2.58 bits per heavy atom. The van der Waals surface area contributed by atoms with E-state index in [9.17, 15) is 18.4 Å². The third kappa shape index (κ3) is 5.47. The topological polar surface area (TPSA) is 152 Å². The number of carbonyl (C=O) groups is 1. The molecule has 0 spiro atoms. The molecule has 11 nitrogen and oxygen atoms in total. The van der Waals surface area contributed by atoms with Gasteiger partial charge in [0.15, 0.2) is 11.6 Å². The first kappa shape index (κ1) is 29.8. The Morgan fingerprint density at radius 1 is 1.19 bits per heavy atom. The largest absolute Gasteiger partial charge is 0.494 e. The molecule has 224 valence electrons. The standard InChI is InChI=1S/C29H29ClF2N8O3/c1-14(37-27-22(26(34)35-13-36-27)25(33)17-7-8-20(43-3)24(32)23(17)31)28-38-19-6-4-5-18(30)21(19)29(42)40(28)16-9-11-39(12-10-16)15(2)41/h4-8,13-14,16,33H,9-12H2,1-3H3,(H3,34,35,36,37). The molecule has 0 radical (unpaired) electrons. The number of likely N-dealkylation sites (tertiary alicyclic amines) is 1. The van der Waals surface area contributed by atoms with Crippen molar-refractivity contribution in [1.82, 2.24) is 24.4 Å². The zero-order valence-electron chi connectivity index (χ0n) is 23.6. The molecule has 5 rings (SSSR count). The van der Waals surface area contributed by atoms with Crippen molar-refractivity contribution in [2.24, 2.45) is 0 Å². The number of aromatic nitrogens is 4. The van der Waals surface area contributed by atoms with E-state index in [1.165, 1.54) is 32.5 Å². The minimum absolute atomic E-state index is 0.0368. The van der Waals surface area contributed by atoms with Crippen LogP contribution in [-0.4, -0.2) is 56.2 Å². The van der Waals surface area contributed by atoms with Crippen molar-refractivity contribution in [1.29, 1.82) is 5.41 Å². The van der Waals surface area contributed by atoms with Crippen LogP contribution in [0.5, 0.6) is 5.75 Å². The van der Waals surface area contributed by atoms with Gasteiger partial charge in [-0.1, -0.05) is 17.7 Å². The maximum absolute atomic E-state index is 15.0. The van der Waals surface area contributed by atoms with Crippen molar-refractivity contribution in [3.8, 4) is 5.75 Å². The van der Waals surface area contributed by atoms with Crippen LogP contribution < -0.4 is 21.3 Å². The fourth-order valence-corrected chi connectivity index (χ4v) is 5.61. The first-order valence-electron chi connectivity index (χ1n) is 13.5. The van der Waals surface area contributed by atoms with E-state index >= 15 is 0 Å². The number of nitrogens with zero attached hydrogens (tertiary/aromatic N) is 5. The van der Waals surface area contributed by atoms with Gasteiger partial charge in [0.25, 0.3) is 5.56 Å². The van der Waals surface area contributed by atoms with Gasteiger partial charge in [-0.05, 0) is 44.0 Å². The lowest BCUT2D eigenvalue weighted by Crippen LogP contribution is -2.41. The fraction of sp³-hybridized carbons (Fsp3) is 0.310. The van der Waals surface area contributed by atoms with Crippen LogP contribution in [0.4, 0.5) is 20.4 Å². The van der Waals surface area contributed by atoms with E-state index in [0.29, 0.717) is 37.3 Å². The molecule has 2 aromatic heterocycles. The number of halogens is 3. The van der Waals surface area contributed by atoms with Crippen LogP contribution in [0.2, 0.25) is 5.02 Å². The number of amides is 1. The lowest BCUT2D eigenvalue weighted by molar-refractivity contribution is -0.130. The lowest BCUT2D eigenvalue weighted by Gasteiger charge is -2.34. The number of nitrogens with two attached hydrogens (primary N) is 1. The van der Waals surface area contributed by atoms with E-state index in [1.54, 1.807) is 34.6 Å². The minimum atomic E-state index is -1.29. The maximum atomic E-state index is 15.0. The van der Waals surface area contributed by atoms with Crippen LogP contribution in [0.1, 0.15) is 55.7 Å². The Labute approximate surface area is 250 Å². The highest BCUT2D eigenvalue weighted by Gasteiger charge is 2.29. The van der Waals surface area contributed by atoms with Gasteiger partial charge in [0.2, 0.25) is 11.7 Å². The molecule has 1 aliphatic heterocycles. The van der Waals surface area contributed by atoms with Gasteiger partial charge in [-0.25, -0.2) is 19.3 Å². The van der Waals surface area contributed by atoms with Gasteiger partial charge in [-0.3, -0.25) is 19.6 Å². The number of rotatable bonds is 7. The summed E-state index contributed by atoms with van der Waals surface area (Å²) in [6.45, 7) is 4.21. The molecule has 2 aromatic carbocycles. The molecule has 0 bridgehead atoms. The average Bonchev–Trinajstić information content (AvgIpc) is 2.98. The second-order valence-corrected chi connectivity index (χ2v) is 10.6. The molecule has 1 unspecified atom stereocenters. The zero-order chi connectivity index (χ0) is 31.0. The van der Waals surface area contributed by atoms with Gasteiger partial charge >= 0.3 is 0 Å². The lowest BCUT2D eigenvalue weighted by atomic mass is 10.0. The summed E-state index contributed by atoms with van der Waals surface area (Å²) in [5.74, 6) is -2.61. The SMILES string of the molecule is COc1ccc(C(=N)c2c(N)ncnc2NC(C)c2nc3cccc(Cl)c3c(=O)n2C2CCN(C(C)=O)CC2)c(F)c1F. The predicted molar refractivity (Wildman–Crippen MR) is 159 cm³/mol. The second-order valence-electron chi connectivity index (χ2n) is 10.2. The highest BCUT2D eigenvalue weighted by Crippen LogP contribution is 2.31. The molecule has 4 aromatic rings. The first-order chi connectivity index (χ1) is 20.5.